The number of aryl methyl sites for hydroxylation is 3. The van der Waals surface area contributed by atoms with Gasteiger partial charge < -0.3 is 0 Å². The lowest BCUT2D eigenvalue weighted by atomic mass is 9.94. The maximum atomic E-state index is 2.35. The first-order chi connectivity index (χ1) is 10.7. The Morgan fingerprint density at radius 3 is 1.91 bits per heavy atom. The van der Waals surface area contributed by atoms with Crippen molar-refractivity contribution in [1.82, 2.24) is 0 Å². The second-order valence-corrected chi connectivity index (χ2v) is 6.29. The van der Waals surface area contributed by atoms with Crippen LogP contribution in [0.3, 0.4) is 0 Å². The highest BCUT2D eigenvalue weighted by molar-refractivity contribution is 6.17. The Morgan fingerprint density at radius 2 is 1.18 bits per heavy atom. The highest BCUT2D eigenvalue weighted by Crippen LogP contribution is 2.33. The first kappa shape index (κ1) is 13.3. The van der Waals surface area contributed by atoms with Crippen LogP contribution in [0.1, 0.15) is 23.6 Å². The maximum Gasteiger partial charge on any atom is -0.00989 e. The molecule has 4 rings (SSSR count). The quantitative estimate of drug-likeness (QED) is 0.358. The van der Waals surface area contributed by atoms with Gasteiger partial charge in [-0.3, -0.25) is 0 Å². The van der Waals surface area contributed by atoms with Crippen LogP contribution in [-0.2, 0) is 6.42 Å². The van der Waals surface area contributed by atoms with Crippen molar-refractivity contribution >= 4 is 32.3 Å². The number of hydrogen-bond acceptors (Lipinski definition) is 0. The standard InChI is InChI=1S/C22H20/c1-4-16-5-6-17-7-9-19-20(22(17)13-16)10-8-18-11-14(2)15(3)12-21(18)19/h5-13H,4H2,1-3H3. The van der Waals surface area contributed by atoms with Gasteiger partial charge in [-0.2, -0.15) is 0 Å². The fraction of sp³-hybridized carbons (Fsp3) is 0.182. The molecule has 4 aromatic carbocycles. The summed E-state index contributed by atoms with van der Waals surface area (Å²) in [5.41, 5.74) is 4.13. The van der Waals surface area contributed by atoms with Gasteiger partial charge in [-0.15, -0.1) is 0 Å². The normalized spacial score (nSPS) is 11.6. The highest BCUT2D eigenvalue weighted by atomic mass is 14.1. The molecule has 0 nitrogen and oxygen atoms in total. The SMILES string of the molecule is CCc1ccc2ccc3c4cc(C)c(C)cc4ccc3c2c1. The average molecular weight is 284 g/mol. The number of rotatable bonds is 1. The lowest BCUT2D eigenvalue weighted by Crippen LogP contribution is -1.86. The van der Waals surface area contributed by atoms with E-state index in [2.05, 4.69) is 75.4 Å². The average Bonchev–Trinajstić information content (AvgIpc) is 2.55. The van der Waals surface area contributed by atoms with Crippen LogP contribution in [0.2, 0.25) is 0 Å². The van der Waals surface area contributed by atoms with Gasteiger partial charge >= 0.3 is 0 Å². The molecule has 0 saturated carbocycles. The van der Waals surface area contributed by atoms with Gasteiger partial charge in [0.25, 0.3) is 0 Å². The molecule has 0 radical (unpaired) electrons. The summed E-state index contributed by atoms with van der Waals surface area (Å²) >= 11 is 0. The minimum Gasteiger partial charge on any atom is -0.0613 e. The van der Waals surface area contributed by atoms with Crippen molar-refractivity contribution in [2.45, 2.75) is 27.2 Å². The van der Waals surface area contributed by atoms with Gasteiger partial charge in [0.15, 0.2) is 0 Å². The van der Waals surface area contributed by atoms with Crippen molar-refractivity contribution in [2.24, 2.45) is 0 Å². The van der Waals surface area contributed by atoms with Crippen LogP contribution >= 0.6 is 0 Å². The third-order valence-electron chi connectivity index (χ3n) is 4.92. The van der Waals surface area contributed by atoms with Crippen molar-refractivity contribution in [3.63, 3.8) is 0 Å². The summed E-state index contributed by atoms with van der Waals surface area (Å²) in [6, 6.07) is 20.6. The van der Waals surface area contributed by atoms with E-state index >= 15 is 0 Å². The Hall–Kier alpha value is -2.34. The molecule has 0 heteroatoms. The minimum atomic E-state index is 1.08. The number of benzene rings is 4. The molecular weight excluding hydrogens is 264 g/mol. The molecule has 0 amide bonds. The van der Waals surface area contributed by atoms with Crippen molar-refractivity contribution in [1.29, 1.82) is 0 Å². The first-order valence-electron chi connectivity index (χ1n) is 8.02. The van der Waals surface area contributed by atoms with E-state index in [1.807, 2.05) is 0 Å². The summed E-state index contributed by atoms with van der Waals surface area (Å²) in [5.74, 6) is 0. The maximum absolute atomic E-state index is 2.35. The van der Waals surface area contributed by atoms with E-state index in [1.165, 1.54) is 49.0 Å². The third kappa shape index (κ3) is 1.91. The second-order valence-electron chi connectivity index (χ2n) is 6.29. The van der Waals surface area contributed by atoms with Crippen LogP contribution in [0.25, 0.3) is 32.3 Å². The molecule has 22 heavy (non-hydrogen) atoms. The Labute approximate surface area is 131 Å². The summed E-state index contributed by atoms with van der Waals surface area (Å²) in [4.78, 5) is 0. The summed E-state index contributed by atoms with van der Waals surface area (Å²) in [6.07, 6.45) is 1.08. The van der Waals surface area contributed by atoms with Crippen molar-refractivity contribution < 1.29 is 0 Å². The molecule has 0 unspecified atom stereocenters. The second kappa shape index (κ2) is 4.84. The van der Waals surface area contributed by atoms with E-state index in [0.29, 0.717) is 0 Å². The molecule has 108 valence electrons. The number of fused-ring (bicyclic) bond motifs is 5. The van der Waals surface area contributed by atoms with Crippen molar-refractivity contribution in [3.05, 3.63) is 71.3 Å². The third-order valence-corrected chi connectivity index (χ3v) is 4.92. The van der Waals surface area contributed by atoms with Crippen LogP contribution in [0.5, 0.6) is 0 Å². The summed E-state index contributed by atoms with van der Waals surface area (Å²) in [5, 5.41) is 8.13. The van der Waals surface area contributed by atoms with E-state index in [0.717, 1.165) is 6.42 Å². The number of hydrogen-bond donors (Lipinski definition) is 0. The molecule has 0 aliphatic heterocycles. The zero-order valence-corrected chi connectivity index (χ0v) is 13.4. The van der Waals surface area contributed by atoms with Gasteiger partial charge in [0.1, 0.15) is 0 Å². The molecule has 0 bridgehead atoms. The molecule has 0 aliphatic carbocycles. The lowest BCUT2D eigenvalue weighted by Gasteiger charge is -2.10. The predicted octanol–water partition coefficient (Wildman–Crippen LogP) is 6.33. The Morgan fingerprint density at radius 1 is 0.591 bits per heavy atom. The fourth-order valence-corrected chi connectivity index (χ4v) is 3.41. The molecule has 0 spiro atoms. The van der Waals surface area contributed by atoms with Crippen molar-refractivity contribution in [2.75, 3.05) is 0 Å². The molecule has 0 aliphatic rings. The summed E-state index contributed by atoms with van der Waals surface area (Å²) in [6.45, 7) is 6.60. The molecule has 0 N–H and O–H groups in total. The Balaban J connectivity index is 2.18. The largest absolute Gasteiger partial charge is 0.0613 e. The molecule has 0 fully saturated rings. The highest BCUT2D eigenvalue weighted by Gasteiger charge is 2.06. The van der Waals surface area contributed by atoms with E-state index in [9.17, 15) is 0 Å². The van der Waals surface area contributed by atoms with Crippen molar-refractivity contribution in [3.8, 4) is 0 Å². The zero-order valence-electron chi connectivity index (χ0n) is 13.4. The van der Waals surface area contributed by atoms with Crippen LogP contribution in [0.15, 0.2) is 54.6 Å². The monoisotopic (exact) mass is 284 g/mol. The van der Waals surface area contributed by atoms with Crippen LogP contribution in [-0.4, -0.2) is 0 Å². The zero-order chi connectivity index (χ0) is 15.3. The smallest absolute Gasteiger partial charge is 0.00989 e. The van der Waals surface area contributed by atoms with E-state index in [1.54, 1.807) is 0 Å². The van der Waals surface area contributed by atoms with Gasteiger partial charge in [0, 0.05) is 0 Å². The van der Waals surface area contributed by atoms with Crippen LogP contribution < -0.4 is 0 Å². The molecule has 0 heterocycles. The minimum absolute atomic E-state index is 1.08. The fourth-order valence-electron chi connectivity index (χ4n) is 3.41. The summed E-state index contributed by atoms with van der Waals surface area (Å²) in [7, 11) is 0. The Bertz CT molecular complexity index is 1020. The molecular formula is C22H20. The van der Waals surface area contributed by atoms with Gasteiger partial charge in [-0.1, -0.05) is 61.5 Å². The van der Waals surface area contributed by atoms with Crippen LogP contribution in [0.4, 0.5) is 0 Å². The van der Waals surface area contributed by atoms with Gasteiger partial charge in [-0.25, -0.2) is 0 Å². The van der Waals surface area contributed by atoms with E-state index < -0.39 is 0 Å². The lowest BCUT2D eigenvalue weighted by molar-refractivity contribution is 1.15. The van der Waals surface area contributed by atoms with Gasteiger partial charge in [-0.05, 0) is 69.3 Å². The molecule has 0 aromatic heterocycles. The van der Waals surface area contributed by atoms with E-state index in [4.69, 9.17) is 0 Å². The molecule has 4 aromatic rings. The van der Waals surface area contributed by atoms with E-state index in [-0.39, 0.29) is 0 Å². The first-order valence-corrected chi connectivity index (χ1v) is 8.02. The topological polar surface area (TPSA) is 0 Å². The molecule has 0 saturated heterocycles. The summed E-state index contributed by atoms with van der Waals surface area (Å²) < 4.78 is 0. The molecule has 0 atom stereocenters. The predicted molar refractivity (Wildman–Crippen MR) is 97.8 cm³/mol. The Kier molecular flexibility index (Phi) is 2.94. The van der Waals surface area contributed by atoms with Gasteiger partial charge in [0.2, 0.25) is 0 Å². The van der Waals surface area contributed by atoms with Gasteiger partial charge in [0.05, 0.1) is 0 Å². The van der Waals surface area contributed by atoms with Crippen LogP contribution in [0, 0.1) is 13.8 Å².